The molecule has 0 fully saturated rings. The number of nitrogens with zero attached hydrogens (tertiary/aromatic N) is 1. The van der Waals surface area contributed by atoms with Crippen molar-refractivity contribution in [3.8, 4) is 5.75 Å². The van der Waals surface area contributed by atoms with Crippen molar-refractivity contribution < 1.29 is 9.13 Å². The van der Waals surface area contributed by atoms with Crippen LogP contribution in [-0.4, -0.2) is 38.2 Å². The second-order valence-corrected chi connectivity index (χ2v) is 5.03. The van der Waals surface area contributed by atoms with Crippen molar-refractivity contribution in [3.63, 3.8) is 0 Å². The number of hydrogen-bond acceptors (Lipinski definition) is 3. The molecular formula is C14H22FN3OS. The molecule has 0 spiro atoms. The SMILES string of the molecule is CCOc1ccc(CNC(=NC)NCCSC)cc1F. The van der Waals surface area contributed by atoms with Gasteiger partial charge in [0.1, 0.15) is 0 Å². The first-order valence-electron chi connectivity index (χ1n) is 6.56. The molecule has 1 rings (SSSR count). The van der Waals surface area contributed by atoms with E-state index in [0.717, 1.165) is 17.9 Å². The summed E-state index contributed by atoms with van der Waals surface area (Å²) in [6, 6.07) is 4.98. The Morgan fingerprint density at radius 1 is 1.40 bits per heavy atom. The molecule has 0 aromatic heterocycles. The second kappa shape index (κ2) is 9.47. The summed E-state index contributed by atoms with van der Waals surface area (Å²) in [6.07, 6.45) is 2.06. The fourth-order valence-electron chi connectivity index (χ4n) is 1.60. The fraction of sp³-hybridized carbons (Fsp3) is 0.500. The van der Waals surface area contributed by atoms with E-state index in [9.17, 15) is 4.39 Å². The molecule has 0 unspecified atom stereocenters. The molecule has 112 valence electrons. The highest BCUT2D eigenvalue weighted by molar-refractivity contribution is 7.98. The maximum atomic E-state index is 13.7. The number of benzene rings is 1. The summed E-state index contributed by atoms with van der Waals surface area (Å²) in [5.41, 5.74) is 0.846. The number of rotatable bonds is 7. The van der Waals surface area contributed by atoms with Crippen LogP contribution >= 0.6 is 11.8 Å². The summed E-state index contributed by atoms with van der Waals surface area (Å²) in [6.45, 7) is 3.65. The molecule has 0 amide bonds. The van der Waals surface area contributed by atoms with Crippen molar-refractivity contribution in [2.75, 3.05) is 32.2 Å². The van der Waals surface area contributed by atoms with Gasteiger partial charge in [0.25, 0.3) is 0 Å². The van der Waals surface area contributed by atoms with E-state index in [1.807, 2.05) is 13.0 Å². The van der Waals surface area contributed by atoms with E-state index in [-0.39, 0.29) is 5.82 Å². The van der Waals surface area contributed by atoms with Gasteiger partial charge in [0.2, 0.25) is 0 Å². The van der Waals surface area contributed by atoms with Crippen LogP contribution in [0.2, 0.25) is 0 Å². The highest BCUT2D eigenvalue weighted by Gasteiger charge is 2.04. The Morgan fingerprint density at radius 3 is 2.80 bits per heavy atom. The van der Waals surface area contributed by atoms with Crippen LogP contribution in [0.1, 0.15) is 12.5 Å². The molecule has 1 aromatic rings. The van der Waals surface area contributed by atoms with Crippen molar-refractivity contribution in [3.05, 3.63) is 29.6 Å². The number of guanidine groups is 1. The van der Waals surface area contributed by atoms with E-state index in [2.05, 4.69) is 21.9 Å². The number of thioether (sulfide) groups is 1. The molecule has 0 saturated heterocycles. The van der Waals surface area contributed by atoms with Crippen LogP contribution in [-0.2, 0) is 6.54 Å². The zero-order valence-electron chi connectivity index (χ0n) is 12.2. The standard InChI is InChI=1S/C14H22FN3OS/c1-4-19-13-6-5-11(9-12(13)15)10-18-14(16-2)17-7-8-20-3/h5-6,9H,4,7-8,10H2,1-3H3,(H2,16,17,18). The Morgan fingerprint density at radius 2 is 2.20 bits per heavy atom. The lowest BCUT2D eigenvalue weighted by Crippen LogP contribution is -2.37. The van der Waals surface area contributed by atoms with Crippen molar-refractivity contribution in [1.82, 2.24) is 10.6 Å². The van der Waals surface area contributed by atoms with E-state index in [0.29, 0.717) is 24.9 Å². The van der Waals surface area contributed by atoms with Gasteiger partial charge < -0.3 is 15.4 Å². The number of halogens is 1. The monoisotopic (exact) mass is 299 g/mol. The molecule has 0 heterocycles. The van der Waals surface area contributed by atoms with Crippen LogP contribution in [0.5, 0.6) is 5.75 Å². The first kappa shape index (κ1) is 16.6. The van der Waals surface area contributed by atoms with E-state index < -0.39 is 0 Å². The minimum absolute atomic E-state index is 0.290. The number of hydrogen-bond donors (Lipinski definition) is 2. The zero-order chi connectivity index (χ0) is 14.8. The summed E-state index contributed by atoms with van der Waals surface area (Å²) in [5.74, 6) is 1.68. The van der Waals surface area contributed by atoms with Crippen LogP contribution in [0.4, 0.5) is 4.39 Å². The Kier molecular flexibility index (Phi) is 7.87. The van der Waals surface area contributed by atoms with Crippen molar-refractivity contribution in [1.29, 1.82) is 0 Å². The van der Waals surface area contributed by atoms with E-state index in [1.165, 1.54) is 6.07 Å². The summed E-state index contributed by atoms with van der Waals surface area (Å²) >= 11 is 1.77. The van der Waals surface area contributed by atoms with Crippen LogP contribution in [0.25, 0.3) is 0 Å². The van der Waals surface area contributed by atoms with Crippen LogP contribution < -0.4 is 15.4 Å². The normalized spacial score (nSPS) is 11.3. The number of nitrogens with one attached hydrogen (secondary N) is 2. The third kappa shape index (κ3) is 5.69. The van der Waals surface area contributed by atoms with Gasteiger partial charge in [0.05, 0.1) is 6.61 Å². The lowest BCUT2D eigenvalue weighted by Gasteiger charge is -2.12. The third-order valence-corrected chi connectivity index (χ3v) is 3.19. The topological polar surface area (TPSA) is 45.6 Å². The predicted molar refractivity (Wildman–Crippen MR) is 84.2 cm³/mol. The second-order valence-electron chi connectivity index (χ2n) is 4.04. The molecule has 0 radical (unpaired) electrons. The fourth-order valence-corrected chi connectivity index (χ4v) is 1.91. The molecule has 0 aliphatic carbocycles. The summed E-state index contributed by atoms with van der Waals surface area (Å²) in [7, 11) is 1.72. The van der Waals surface area contributed by atoms with Crippen LogP contribution in [0.15, 0.2) is 23.2 Å². The van der Waals surface area contributed by atoms with E-state index in [1.54, 1.807) is 24.9 Å². The van der Waals surface area contributed by atoms with Gasteiger partial charge in [0.15, 0.2) is 17.5 Å². The molecule has 20 heavy (non-hydrogen) atoms. The first-order valence-corrected chi connectivity index (χ1v) is 7.95. The summed E-state index contributed by atoms with van der Waals surface area (Å²) in [5, 5.41) is 6.33. The van der Waals surface area contributed by atoms with Gasteiger partial charge in [-0.2, -0.15) is 11.8 Å². The molecule has 0 aliphatic rings. The molecule has 4 nitrogen and oxygen atoms in total. The summed E-state index contributed by atoms with van der Waals surface area (Å²) in [4.78, 5) is 4.11. The highest BCUT2D eigenvalue weighted by atomic mass is 32.2. The maximum Gasteiger partial charge on any atom is 0.191 e. The van der Waals surface area contributed by atoms with Crippen molar-refractivity contribution in [2.24, 2.45) is 4.99 Å². The molecule has 6 heteroatoms. The molecule has 1 aromatic carbocycles. The number of aliphatic imine (C=N–C) groups is 1. The molecular weight excluding hydrogens is 277 g/mol. The molecule has 0 saturated carbocycles. The lowest BCUT2D eigenvalue weighted by molar-refractivity contribution is 0.321. The quantitative estimate of drug-likeness (QED) is 0.460. The predicted octanol–water partition coefficient (Wildman–Crippen LogP) is 2.25. The van der Waals surface area contributed by atoms with E-state index >= 15 is 0 Å². The Bertz CT molecular complexity index is 440. The molecule has 0 bridgehead atoms. The Balaban J connectivity index is 2.50. The van der Waals surface area contributed by atoms with Crippen LogP contribution in [0, 0.1) is 5.82 Å². The van der Waals surface area contributed by atoms with E-state index in [4.69, 9.17) is 4.74 Å². The minimum Gasteiger partial charge on any atom is -0.491 e. The van der Waals surface area contributed by atoms with Gasteiger partial charge in [-0.15, -0.1) is 0 Å². The number of ether oxygens (including phenoxy) is 1. The first-order chi connectivity index (χ1) is 9.71. The average Bonchev–Trinajstić information content (AvgIpc) is 2.45. The van der Waals surface area contributed by atoms with Gasteiger partial charge in [-0.05, 0) is 30.9 Å². The van der Waals surface area contributed by atoms with Gasteiger partial charge in [-0.3, -0.25) is 4.99 Å². The zero-order valence-corrected chi connectivity index (χ0v) is 13.0. The highest BCUT2D eigenvalue weighted by Crippen LogP contribution is 2.18. The molecule has 0 atom stereocenters. The van der Waals surface area contributed by atoms with Gasteiger partial charge in [-0.25, -0.2) is 4.39 Å². The smallest absolute Gasteiger partial charge is 0.191 e. The van der Waals surface area contributed by atoms with Gasteiger partial charge in [0, 0.05) is 25.9 Å². The third-order valence-electron chi connectivity index (χ3n) is 2.58. The lowest BCUT2D eigenvalue weighted by atomic mass is 10.2. The Hall–Kier alpha value is -1.43. The summed E-state index contributed by atoms with van der Waals surface area (Å²) < 4.78 is 18.9. The van der Waals surface area contributed by atoms with Crippen molar-refractivity contribution >= 4 is 17.7 Å². The maximum absolute atomic E-state index is 13.7. The van der Waals surface area contributed by atoms with Crippen LogP contribution in [0.3, 0.4) is 0 Å². The van der Waals surface area contributed by atoms with Gasteiger partial charge >= 0.3 is 0 Å². The minimum atomic E-state index is -0.337. The van der Waals surface area contributed by atoms with Crippen molar-refractivity contribution in [2.45, 2.75) is 13.5 Å². The largest absolute Gasteiger partial charge is 0.491 e. The van der Waals surface area contributed by atoms with Gasteiger partial charge in [-0.1, -0.05) is 6.07 Å². The molecule has 0 aliphatic heterocycles. The Labute approximate surface area is 124 Å². The average molecular weight is 299 g/mol. The molecule has 2 N–H and O–H groups in total.